The van der Waals surface area contributed by atoms with E-state index in [0.29, 0.717) is 17.3 Å². The maximum absolute atomic E-state index is 12.2. The highest BCUT2D eigenvalue weighted by Gasteiger charge is 2.25. The van der Waals surface area contributed by atoms with Crippen molar-refractivity contribution in [3.63, 3.8) is 0 Å². The van der Waals surface area contributed by atoms with Crippen molar-refractivity contribution < 1.29 is 4.79 Å². The second kappa shape index (κ2) is 3.95. The summed E-state index contributed by atoms with van der Waals surface area (Å²) < 4.78 is 0. The third-order valence-corrected chi connectivity index (χ3v) is 4.18. The Morgan fingerprint density at radius 3 is 2.89 bits per heavy atom. The van der Waals surface area contributed by atoms with Crippen LogP contribution in [-0.2, 0) is 0 Å². The van der Waals surface area contributed by atoms with Crippen molar-refractivity contribution >= 4 is 33.1 Å². The van der Waals surface area contributed by atoms with Gasteiger partial charge in [0.05, 0.1) is 11.3 Å². The van der Waals surface area contributed by atoms with Crippen molar-refractivity contribution in [1.82, 2.24) is 10.3 Å². The number of rotatable bonds is 2. The van der Waals surface area contributed by atoms with Gasteiger partial charge in [-0.15, -0.1) is 11.3 Å². The molecule has 5 heteroatoms. The molecule has 0 atom stereocenters. The monoisotopic (exact) mass is 261 g/mol. The van der Waals surface area contributed by atoms with Crippen LogP contribution in [0.2, 0.25) is 0 Å². The number of amides is 1. The van der Waals surface area contributed by atoms with E-state index in [1.54, 1.807) is 11.3 Å². The lowest BCUT2D eigenvalue weighted by Gasteiger charge is -2.06. The number of pyridine rings is 1. The molecule has 0 spiro atoms. The van der Waals surface area contributed by atoms with Crippen LogP contribution in [0.4, 0.5) is 5.69 Å². The predicted octanol–water partition coefficient (Wildman–Crippen LogP) is 2.39. The van der Waals surface area contributed by atoms with E-state index < -0.39 is 0 Å². The first kappa shape index (κ1) is 11.5. The van der Waals surface area contributed by atoms with E-state index in [4.69, 9.17) is 5.73 Å². The summed E-state index contributed by atoms with van der Waals surface area (Å²) in [6.45, 7) is 3.86. The fourth-order valence-electron chi connectivity index (χ4n) is 2.02. The summed E-state index contributed by atoms with van der Waals surface area (Å²) >= 11 is 1.54. The van der Waals surface area contributed by atoms with Crippen molar-refractivity contribution in [2.24, 2.45) is 0 Å². The van der Waals surface area contributed by atoms with Gasteiger partial charge in [-0.25, -0.2) is 4.98 Å². The number of nitrogens with one attached hydrogen (secondary N) is 1. The molecule has 0 saturated heterocycles. The number of carbonyl (C=O) groups is 1. The first-order valence-electron chi connectivity index (χ1n) is 6.03. The number of fused-ring (bicyclic) bond motifs is 1. The van der Waals surface area contributed by atoms with Gasteiger partial charge in [-0.3, -0.25) is 4.79 Å². The molecule has 3 N–H and O–H groups in total. The maximum atomic E-state index is 12.2. The number of thiophene rings is 1. The van der Waals surface area contributed by atoms with Gasteiger partial charge in [-0.05, 0) is 32.8 Å². The van der Waals surface area contributed by atoms with Crippen LogP contribution in [-0.4, -0.2) is 16.9 Å². The Morgan fingerprint density at radius 2 is 2.22 bits per heavy atom. The van der Waals surface area contributed by atoms with Crippen LogP contribution < -0.4 is 11.1 Å². The van der Waals surface area contributed by atoms with Gasteiger partial charge in [0.25, 0.3) is 5.91 Å². The number of hydrogen-bond donors (Lipinski definition) is 2. The summed E-state index contributed by atoms with van der Waals surface area (Å²) in [6.07, 6.45) is 2.16. The lowest BCUT2D eigenvalue weighted by Crippen LogP contribution is -2.25. The Labute approximate surface area is 109 Å². The molecule has 2 heterocycles. The number of nitrogen functional groups attached to an aromatic ring is 1. The summed E-state index contributed by atoms with van der Waals surface area (Å²) in [4.78, 5) is 18.6. The van der Waals surface area contributed by atoms with Crippen LogP contribution in [0.3, 0.4) is 0 Å². The Hall–Kier alpha value is -1.62. The first-order valence-corrected chi connectivity index (χ1v) is 6.85. The average molecular weight is 261 g/mol. The lowest BCUT2D eigenvalue weighted by molar-refractivity contribution is 0.0952. The van der Waals surface area contributed by atoms with Crippen molar-refractivity contribution in [2.75, 3.05) is 5.73 Å². The number of nitrogens with zero attached hydrogens (tertiary/aromatic N) is 1. The van der Waals surface area contributed by atoms with Gasteiger partial charge in [-0.1, -0.05) is 0 Å². The third kappa shape index (κ3) is 1.84. The van der Waals surface area contributed by atoms with Gasteiger partial charge in [0, 0.05) is 22.0 Å². The molecule has 0 bridgehead atoms. The number of anilines is 1. The number of carbonyl (C=O) groups excluding carboxylic acids is 1. The van der Waals surface area contributed by atoms with E-state index in [1.807, 2.05) is 19.9 Å². The summed E-state index contributed by atoms with van der Waals surface area (Å²) in [5.41, 5.74) is 8.26. The van der Waals surface area contributed by atoms with Crippen LogP contribution >= 0.6 is 11.3 Å². The number of aryl methyl sites for hydroxylation is 2. The van der Waals surface area contributed by atoms with Crippen LogP contribution in [0.5, 0.6) is 0 Å². The molecule has 4 nitrogen and oxygen atoms in total. The fraction of sp³-hybridized carbons (Fsp3) is 0.385. The molecule has 1 amide bonds. The Morgan fingerprint density at radius 1 is 1.50 bits per heavy atom. The van der Waals surface area contributed by atoms with Crippen molar-refractivity contribution in [3.05, 3.63) is 22.2 Å². The number of hydrogen-bond acceptors (Lipinski definition) is 4. The topological polar surface area (TPSA) is 68.0 Å². The van der Waals surface area contributed by atoms with Crippen molar-refractivity contribution in [3.8, 4) is 0 Å². The summed E-state index contributed by atoms with van der Waals surface area (Å²) in [5, 5.41) is 3.82. The molecule has 3 rings (SSSR count). The minimum Gasteiger partial charge on any atom is -0.397 e. The lowest BCUT2D eigenvalue weighted by atomic mass is 10.1. The zero-order valence-corrected chi connectivity index (χ0v) is 11.2. The van der Waals surface area contributed by atoms with E-state index >= 15 is 0 Å². The van der Waals surface area contributed by atoms with Gasteiger partial charge in [0.2, 0.25) is 0 Å². The molecule has 1 aliphatic carbocycles. The molecule has 0 aliphatic heterocycles. The Bertz CT molecular complexity index is 643. The summed E-state index contributed by atoms with van der Waals surface area (Å²) in [7, 11) is 0. The molecule has 94 valence electrons. The van der Waals surface area contributed by atoms with Crippen LogP contribution in [0.1, 0.15) is 33.8 Å². The first-order chi connectivity index (χ1) is 8.56. The zero-order valence-electron chi connectivity index (χ0n) is 10.4. The van der Waals surface area contributed by atoms with Gasteiger partial charge < -0.3 is 11.1 Å². The molecule has 1 saturated carbocycles. The van der Waals surface area contributed by atoms with E-state index in [-0.39, 0.29) is 5.91 Å². The normalized spacial score (nSPS) is 15.0. The number of aromatic nitrogens is 1. The van der Waals surface area contributed by atoms with Gasteiger partial charge >= 0.3 is 0 Å². The minimum atomic E-state index is -0.0301. The highest BCUT2D eigenvalue weighted by molar-refractivity contribution is 7.19. The quantitative estimate of drug-likeness (QED) is 0.872. The zero-order chi connectivity index (χ0) is 12.9. The smallest absolute Gasteiger partial charge is 0.252 e. The van der Waals surface area contributed by atoms with Crippen molar-refractivity contribution in [2.45, 2.75) is 32.7 Å². The summed E-state index contributed by atoms with van der Waals surface area (Å²) in [5.74, 6) is -0.0301. The van der Waals surface area contributed by atoms with Crippen LogP contribution in [0.25, 0.3) is 10.2 Å². The van der Waals surface area contributed by atoms with E-state index in [1.165, 1.54) is 0 Å². The molecule has 0 unspecified atom stereocenters. The molecule has 0 radical (unpaired) electrons. The summed E-state index contributed by atoms with van der Waals surface area (Å²) in [6, 6.07) is 2.17. The Balaban J connectivity index is 2.16. The number of nitrogens with two attached hydrogens (primary N) is 1. The molecule has 2 aromatic heterocycles. The molecule has 0 aromatic carbocycles. The standard InChI is InChI=1S/C13H15N3OS/c1-6-5-9(12(17)16-8-3-4-8)10-11(14)7(2)18-13(10)15-6/h5,8H,3-4,14H2,1-2H3,(H,16,17). The van der Waals surface area contributed by atoms with Crippen LogP contribution in [0, 0.1) is 13.8 Å². The van der Waals surface area contributed by atoms with Crippen LogP contribution in [0.15, 0.2) is 6.07 Å². The second-order valence-corrected chi connectivity index (χ2v) is 6.01. The molecule has 18 heavy (non-hydrogen) atoms. The maximum Gasteiger partial charge on any atom is 0.252 e. The molecule has 2 aromatic rings. The largest absolute Gasteiger partial charge is 0.397 e. The SMILES string of the molecule is Cc1cc(C(=O)NC2CC2)c2c(N)c(C)sc2n1. The van der Waals surface area contributed by atoms with E-state index in [9.17, 15) is 4.79 Å². The molecule has 1 fully saturated rings. The predicted molar refractivity (Wildman–Crippen MR) is 74.0 cm³/mol. The highest BCUT2D eigenvalue weighted by Crippen LogP contribution is 2.34. The van der Waals surface area contributed by atoms with E-state index in [2.05, 4.69) is 10.3 Å². The van der Waals surface area contributed by atoms with Gasteiger partial charge in [0.1, 0.15) is 4.83 Å². The van der Waals surface area contributed by atoms with Gasteiger partial charge in [0.15, 0.2) is 0 Å². The molecular formula is C13H15N3OS. The average Bonchev–Trinajstić information content (AvgIpc) is 3.06. The minimum absolute atomic E-state index is 0.0301. The second-order valence-electron chi connectivity index (χ2n) is 4.81. The third-order valence-electron chi connectivity index (χ3n) is 3.17. The molecular weight excluding hydrogens is 246 g/mol. The fourth-order valence-corrected chi connectivity index (χ4v) is 3.04. The van der Waals surface area contributed by atoms with Crippen molar-refractivity contribution in [1.29, 1.82) is 0 Å². The van der Waals surface area contributed by atoms with E-state index in [0.717, 1.165) is 33.6 Å². The van der Waals surface area contributed by atoms with Gasteiger partial charge in [-0.2, -0.15) is 0 Å². The Kier molecular flexibility index (Phi) is 2.52. The molecule has 1 aliphatic rings. The highest BCUT2D eigenvalue weighted by atomic mass is 32.1.